The van der Waals surface area contributed by atoms with Crippen molar-refractivity contribution < 1.29 is 19.1 Å². The van der Waals surface area contributed by atoms with Gasteiger partial charge in [-0.15, -0.1) is 0 Å². The topological polar surface area (TPSA) is 79.5 Å². The van der Waals surface area contributed by atoms with Crippen molar-refractivity contribution in [3.63, 3.8) is 0 Å². The molecule has 0 spiro atoms. The zero-order chi connectivity index (χ0) is 12.1. The maximum atomic E-state index is 11.2. The first-order valence-electron chi connectivity index (χ1n) is 4.77. The minimum atomic E-state index is -1.07. The molecule has 0 radical (unpaired) electrons. The molecule has 0 aliphatic heterocycles. The number of hydrogen-bond donors (Lipinski definition) is 2. The van der Waals surface area contributed by atoms with Crippen molar-refractivity contribution in [2.24, 2.45) is 0 Å². The molecule has 0 bridgehead atoms. The molecule has 1 rings (SSSR count). The van der Waals surface area contributed by atoms with E-state index in [0.29, 0.717) is 5.76 Å². The van der Waals surface area contributed by atoms with Crippen LogP contribution >= 0.6 is 0 Å². The fourth-order valence-electron chi connectivity index (χ4n) is 1.02. The number of aryl methyl sites for hydroxylation is 1. The molecule has 2 N–H and O–H groups in total. The van der Waals surface area contributed by atoms with Gasteiger partial charge in [0, 0.05) is 6.08 Å². The Morgan fingerprint density at radius 2 is 2.19 bits per heavy atom. The lowest BCUT2D eigenvalue weighted by Crippen LogP contribution is -2.37. The van der Waals surface area contributed by atoms with E-state index in [4.69, 9.17) is 9.52 Å². The van der Waals surface area contributed by atoms with Crippen molar-refractivity contribution in [2.45, 2.75) is 19.9 Å². The van der Waals surface area contributed by atoms with Crippen LogP contribution in [0.4, 0.5) is 0 Å². The highest BCUT2D eigenvalue weighted by Crippen LogP contribution is 2.07. The van der Waals surface area contributed by atoms with Gasteiger partial charge < -0.3 is 14.8 Å². The first-order valence-corrected chi connectivity index (χ1v) is 4.77. The third-order valence-electron chi connectivity index (χ3n) is 1.89. The summed E-state index contributed by atoms with van der Waals surface area (Å²) in [5.74, 6) is -0.242. The van der Waals surface area contributed by atoms with E-state index in [2.05, 4.69) is 5.32 Å². The van der Waals surface area contributed by atoms with Crippen LogP contribution in [0, 0.1) is 6.92 Å². The summed E-state index contributed by atoms with van der Waals surface area (Å²) in [5.41, 5.74) is 0. The molecule has 1 amide bonds. The second-order valence-electron chi connectivity index (χ2n) is 3.35. The summed E-state index contributed by atoms with van der Waals surface area (Å²) in [7, 11) is 0. The molecule has 1 unspecified atom stereocenters. The summed E-state index contributed by atoms with van der Waals surface area (Å²) in [6.45, 7) is 3.19. The van der Waals surface area contributed by atoms with E-state index in [9.17, 15) is 9.59 Å². The Morgan fingerprint density at radius 1 is 1.50 bits per heavy atom. The molecule has 16 heavy (non-hydrogen) atoms. The highest BCUT2D eigenvalue weighted by molar-refractivity contribution is 5.93. The summed E-state index contributed by atoms with van der Waals surface area (Å²) < 4.78 is 5.20. The van der Waals surface area contributed by atoms with Crippen molar-refractivity contribution in [3.05, 3.63) is 29.7 Å². The van der Waals surface area contributed by atoms with Gasteiger partial charge in [0.1, 0.15) is 17.6 Å². The third-order valence-corrected chi connectivity index (χ3v) is 1.89. The minimum Gasteiger partial charge on any atom is -0.480 e. The molecule has 0 aromatic carbocycles. The number of carboxylic acids is 1. The SMILES string of the molecule is Cc1ccc(/C=C/C(=O)NC(C)C(=O)O)o1. The van der Waals surface area contributed by atoms with Crippen LogP contribution < -0.4 is 5.32 Å². The van der Waals surface area contributed by atoms with Gasteiger partial charge in [-0.25, -0.2) is 0 Å². The lowest BCUT2D eigenvalue weighted by atomic mass is 10.3. The first kappa shape index (κ1) is 12.0. The Kier molecular flexibility index (Phi) is 3.88. The van der Waals surface area contributed by atoms with Gasteiger partial charge in [-0.05, 0) is 32.1 Å². The second-order valence-corrected chi connectivity index (χ2v) is 3.35. The number of furan rings is 1. The van der Waals surface area contributed by atoms with Crippen LogP contribution in [0.3, 0.4) is 0 Å². The standard InChI is InChI=1S/C11H13NO4/c1-7-3-4-9(16-7)5-6-10(13)12-8(2)11(14)15/h3-6,8H,1-2H3,(H,12,13)(H,14,15)/b6-5+. The van der Waals surface area contributed by atoms with Crippen molar-refractivity contribution >= 4 is 18.0 Å². The lowest BCUT2D eigenvalue weighted by Gasteiger charge is -2.05. The second kappa shape index (κ2) is 5.16. The molecule has 86 valence electrons. The fourth-order valence-corrected chi connectivity index (χ4v) is 1.02. The molecule has 0 fully saturated rings. The molecule has 1 heterocycles. The average molecular weight is 223 g/mol. The highest BCUT2D eigenvalue weighted by atomic mass is 16.4. The van der Waals surface area contributed by atoms with Gasteiger partial charge in [0.2, 0.25) is 5.91 Å². The molecule has 0 aliphatic carbocycles. The normalized spacial score (nSPS) is 12.6. The molecular weight excluding hydrogens is 210 g/mol. The first-order chi connectivity index (χ1) is 7.49. The smallest absolute Gasteiger partial charge is 0.325 e. The third kappa shape index (κ3) is 3.61. The summed E-state index contributed by atoms with van der Waals surface area (Å²) in [5, 5.41) is 10.9. The van der Waals surface area contributed by atoms with Crippen molar-refractivity contribution in [2.75, 3.05) is 0 Å². The van der Waals surface area contributed by atoms with Gasteiger partial charge >= 0.3 is 5.97 Å². The van der Waals surface area contributed by atoms with E-state index >= 15 is 0 Å². The average Bonchev–Trinajstić information content (AvgIpc) is 2.61. The van der Waals surface area contributed by atoms with Crippen LogP contribution in [0.15, 0.2) is 22.6 Å². The molecule has 0 saturated heterocycles. The summed E-state index contributed by atoms with van der Waals surface area (Å²) in [6, 6.07) is 2.59. The molecule has 1 atom stereocenters. The van der Waals surface area contributed by atoms with Crippen LogP contribution in [0.5, 0.6) is 0 Å². The predicted octanol–water partition coefficient (Wildman–Crippen LogP) is 1.19. The highest BCUT2D eigenvalue weighted by Gasteiger charge is 2.11. The molecule has 5 nitrogen and oxygen atoms in total. The zero-order valence-corrected chi connectivity index (χ0v) is 9.06. The molecule has 5 heteroatoms. The van der Waals surface area contributed by atoms with E-state index in [-0.39, 0.29) is 0 Å². The lowest BCUT2D eigenvalue weighted by molar-refractivity contribution is -0.140. The van der Waals surface area contributed by atoms with E-state index in [1.165, 1.54) is 19.1 Å². The van der Waals surface area contributed by atoms with E-state index in [1.54, 1.807) is 19.1 Å². The van der Waals surface area contributed by atoms with Crippen molar-refractivity contribution in [1.82, 2.24) is 5.32 Å². The van der Waals surface area contributed by atoms with Crippen LogP contribution in [0.1, 0.15) is 18.4 Å². The van der Waals surface area contributed by atoms with Crippen LogP contribution in [0.2, 0.25) is 0 Å². The predicted molar refractivity (Wildman–Crippen MR) is 57.7 cm³/mol. The number of carbonyl (C=O) groups excluding carboxylic acids is 1. The Balaban J connectivity index is 2.51. The van der Waals surface area contributed by atoms with Crippen LogP contribution in [-0.4, -0.2) is 23.0 Å². The number of carbonyl (C=O) groups is 2. The quantitative estimate of drug-likeness (QED) is 0.751. The van der Waals surface area contributed by atoms with Gasteiger partial charge in [0.25, 0.3) is 0 Å². The van der Waals surface area contributed by atoms with Crippen LogP contribution in [0.25, 0.3) is 6.08 Å². The number of carboxylic acid groups (broad SMARTS) is 1. The Bertz CT molecular complexity index is 419. The Hall–Kier alpha value is -2.04. The summed E-state index contributed by atoms with van der Waals surface area (Å²) >= 11 is 0. The number of nitrogens with one attached hydrogen (secondary N) is 1. The van der Waals surface area contributed by atoms with Crippen molar-refractivity contribution in [3.8, 4) is 0 Å². The number of rotatable bonds is 4. The monoisotopic (exact) mass is 223 g/mol. The molecular formula is C11H13NO4. The number of amides is 1. The maximum Gasteiger partial charge on any atom is 0.325 e. The van der Waals surface area contributed by atoms with Gasteiger partial charge in [0.05, 0.1) is 0 Å². The van der Waals surface area contributed by atoms with Gasteiger partial charge in [-0.2, -0.15) is 0 Å². The van der Waals surface area contributed by atoms with Crippen LogP contribution in [-0.2, 0) is 9.59 Å². The van der Waals surface area contributed by atoms with E-state index in [1.807, 2.05) is 0 Å². The fraction of sp³-hybridized carbons (Fsp3) is 0.273. The summed E-state index contributed by atoms with van der Waals surface area (Å²) in [4.78, 5) is 21.7. The Morgan fingerprint density at radius 3 is 2.69 bits per heavy atom. The zero-order valence-electron chi connectivity index (χ0n) is 9.06. The maximum absolute atomic E-state index is 11.2. The largest absolute Gasteiger partial charge is 0.480 e. The van der Waals surface area contributed by atoms with Gasteiger partial charge in [-0.3, -0.25) is 9.59 Å². The molecule has 1 aromatic heterocycles. The van der Waals surface area contributed by atoms with Crippen molar-refractivity contribution in [1.29, 1.82) is 0 Å². The summed E-state index contributed by atoms with van der Waals surface area (Å²) in [6.07, 6.45) is 2.72. The van der Waals surface area contributed by atoms with Gasteiger partial charge in [-0.1, -0.05) is 0 Å². The number of hydrogen-bond acceptors (Lipinski definition) is 3. The molecule has 0 aliphatic rings. The van der Waals surface area contributed by atoms with E-state index < -0.39 is 17.9 Å². The number of aliphatic carboxylic acids is 1. The molecule has 1 aromatic rings. The minimum absolute atomic E-state index is 0.469. The molecule has 0 saturated carbocycles. The Labute approximate surface area is 92.8 Å². The van der Waals surface area contributed by atoms with Gasteiger partial charge in [0.15, 0.2) is 0 Å². The van der Waals surface area contributed by atoms with E-state index in [0.717, 1.165) is 5.76 Å².